The van der Waals surface area contributed by atoms with Crippen molar-refractivity contribution in [2.45, 2.75) is 69.9 Å². The van der Waals surface area contributed by atoms with E-state index in [-0.39, 0.29) is 11.8 Å². The Bertz CT molecular complexity index is 761. The zero-order valence-electron chi connectivity index (χ0n) is 18.0. The molecule has 0 bridgehead atoms. The standard InChI is InChI=1S/C25H35N3O2/c29-23(26-20-8-2-1-3-9-20)12-4-11-22-21-10-6-16-27-15-5-7-19(24(21)27)17-28(22)25(30)18-13-14-18/h1-3,8-9,18-19,21-22,24H,4-7,10-17H2,(H,26,29)/t19-,21+,22+,24-/m0/s1. The van der Waals surface area contributed by atoms with Gasteiger partial charge in [-0.2, -0.15) is 0 Å². The van der Waals surface area contributed by atoms with Crippen molar-refractivity contribution in [3.05, 3.63) is 30.3 Å². The lowest BCUT2D eigenvalue weighted by molar-refractivity contribution is -0.147. The van der Waals surface area contributed by atoms with Crippen molar-refractivity contribution < 1.29 is 9.59 Å². The van der Waals surface area contributed by atoms with Gasteiger partial charge >= 0.3 is 0 Å². The van der Waals surface area contributed by atoms with Crippen LogP contribution in [0.5, 0.6) is 0 Å². The van der Waals surface area contributed by atoms with Crippen LogP contribution in [0.15, 0.2) is 30.3 Å². The smallest absolute Gasteiger partial charge is 0.225 e. The molecule has 4 aliphatic rings. The minimum Gasteiger partial charge on any atom is -0.339 e. The van der Waals surface area contributed by atoms with E-state index >= 15 is 0 Å². The molecule has 3 heterocycles. The molecule has 3 aliphatic heterocycles. The maximum Gasteiger partial charge on any atom is 0.225 e. The van der Waals surface area contributed by atoms with E-state index in [4.69, 9.17) is 0 Å². The van der Waals surface area contributed by atoms with Crippen LogP contribution in [0.1, 0.15) is 57.8 Å². The number of hydrogen-bond acceptors (Lipinski definition) is 3. The van der Waals surface area contributed by atoms with E-state index in [9.17, 15) is 9.59 Å². The minimum atomic E-state index is 0.0814. The molecule has 4 fully saturated rings. The molecule has 0 unspecified atom stereocenters. The molecule has 1 aliphatic carbocycles. The Labute approximate surface area is 180 Å². The second-order valence-corrected chi connectivity index (χ2v) is 9.87. The number of anilines is 1. The molecule has 0 radical (unpaired) electrons. The van der Waals surface area contributed by atoms with Crippen LogP contribution in [0.3, 0.4) is 0 Å². The van der Waals surface area contributed by atoms with E-state index in [1.54, 1.807) is 0 Å². The van der Waals surface area contributed by atoms with Crippen LogP contribution in [0, 0.1) is 17.8 Å². The number of piperidine rings is 3. The lowest BCUT2D eigenvalue weighted by Gasteiger charge is -2.57. The predicted octanol–water partition coefficient (Wildman–Crippen LogP) is 3.91. The summed E-state index contributed by atoms with van der Waals surface area (Å²) < 4.78 is 0. The number of carbonyl (C=O) groups excluding carboxylic acids is 2. The first-order chi connectivity index (χ1) is 14.7. The van der Waals surface area contributed by atoms with E-state index < -0.39 is 0 Å². The molecule has 0 aromatic heterocycles. The third kappa shape index (κ3) is 4.14. The molecule has 3 saturated heterocycles. The largest absolute Gasteiger partial charge is 0.339 e. The Morgan fingerprint density at radius 1 is 1.00 bits per heavy atom. The molecule has 5 heteroatoms. The molecule has 5 rings (SSSR count). The number of para-hydroxylation sites is 1. The summed E-state index contributed by atoms with van der Waals surface area (Å²) in [6.07, 6.45) is 9.55. The SMILES string of the molecule is O=C(CCC[C@@H]1[C@H]2CCCN3CCC[C@@H](CN1C(=O)C1CC1)[C@@H]23)Nc1ccccc1. The van der Waals surface area contributed by atoms with E-state index in [2.05, 4.69) is 15.1 Å². The molecule has 1 N–H and O–H groups in total. The van der Waals surface area contributed by atoms with Crippen molar-refractivity contribution in [2.24, 2.45) is 17.8 Å². The second kappa shape index (κ2) is 8.70. The van der Waals surface area contributed by atoms with E-state index in [1.807, 2.05) is 30.3 Å². The zero-order valence-corrected chi connectivity index (χ0v) is 18.0. The number of benzene rings is 1. The summed E-state index contributed by atoms with van der Waals surface area (Å²) in [4.78, 5) is 30.6. The average molecular weight is 410 g/mol. The molecule has 162 valence electrons. The van der Waals surface area contributed by atoms with Gasteiger partial charge in [0.25, 0.3) is 0 Å². The maximum absolute atomic E-state index is 13.2. The van der Waals surface area contributed by atoms with E-state index in [0.29, 0.717) is 36.2 Å². The fourth-order valence-electron chi connectivity index (χ4n) is 6.40. The molecular formula is C25H35N3O2. The highest BCUT2D eigenvalue weighted by Gasteiger charge is 2.50. The molecular weight excluding hydrogens is 374 g/mol. The van der Waals surface area contributed by atoms with Gasteiger partial charge < -0.3 is 10.2 Å². The second-order valence-electron chi connectivity index (χ2n) is 9.87. The maximum atomic E-state index is 13.2. The third-order valence-electron chi connectivity index (χ3n) is 7.84. The highest BCUT2D eigenvalue weighted by Crippen LogP contribution is 2.45. The molecule has 30 heavy (non-hydrogen) atoms. The molecule has 5 nitrogen and oxygen atoms in total. The van der Waals surface area contributed by atoms with Crippen LogP contribution in [0.25, 0.3) is 0 Å². The Kier molecular flexibility index (Phi) is 5.81. The third-order valence-corrected chi connectivity index (χ3v) is 7.84. The van der Waals surface area contributed by atoms with Gasteiger partial charge in [-0.1, -0.05) is 18.2 Å². The van der Waals surface area contributed by atoms with E-state index in [0.717, 1.165) is 37.9 Å². The Balaban J connectivity index is 1.25. The summed E-state index contributed by atoms with van der Waals surface area (Å²) in [5.74, 6) is 2.03. The molecule has 1 saturated carbocycles. The monoisotopic (exact) mass is 409 g/mol. The molecule has 4 atom stereocenters. The van der Waals surface area contributed by atoms with Gasteiger partial charge in [0.05, 0.1) is 0 Å². The number of nitrogens with one attached hydrogen (secondary N) is 1. The van der Waals surface area contributed by atoms with Gasteiger partial charge in [0.1, 0.15) is 0 Å². The Morgan fingerprint density at radius 2 is 1.77 bits per heavy atom. The van der Waals surface area contributed by atoms with Crippen molar-refractivity contribution in [3.63, 3.8) is 0 Å². The van der Waals surface area contributed by atoms with Crippen molar-refractivity contribution in [1.29, 1.82) is 0 Å². The van der Waals surface area contributed by atoms with Gasteiger partial charge in [-0.15, -0.1) is 0 Å². The van der Waals surface area contributed by atoms with Crippen molar-refractivity contribution in [3.8, 4) is 0 Å². The predicted molar refractivity (Wildman–Crippen MR) is 118 cm³/mol. The molecule has 0 spiro atoms. The van der Waals surface area contributed by atoms with Crippen LogP contribution >= 0.6 is 0 Å². The number of rotatable bonds is 6. The summed E-state index contributed by atoms with van der Waals surface area (Å²) >= 11 is 0. The van der Waals surface area contributed by atoms with Crippen molar-refractivity contribution in [1.82, 2.24) is 9.80 Å². The fourth-order valence-corrected chi connectivity index (χ4v) is 6.40. The molecule has 2 amide bonds. The van der Waals surface area contributed by atoms with Crippen LogP contribution in [0.4, 0.5) is 5.69 Å². The van der Waals surface area contributed by atoms with Crippen LogP contribution in [-0.2, 0) is 9.59 Å². The lowest BCUT2D eigenvalue weighted by atomic mass is 9.69. The van der Waals surface area contributed by atoms with Crippen molar-refractivity contribution >= 4 is 17.5 Å². The summed E-state index contributed by atoms with van der Waals surface area (Å²) in [6.45, 7) is 3.43. The normalized spacial score (nSPS) is 31.1. The first-order valence-corrected chi connectivity index (χ1v) is 12.1. The first kappa shape index (κ1) is 20.0. The average Bonchev–Trinajstić information content (AvgIpc) is 3.61. The highest BCUT2D eigenvalue weighted by molar-refractivity contribution is 5.90. The number of nitrogens with zero attached hydrogens (tertiary/aromatic N) is 2. The van der Waals surface area contributed by atoms with Gasteiger partial charge in [-0.25, -0.2) is 0 Å². The van der Waals surface area contributed by atoms with E-state index in [1.165, 1.54) is 38.8 Å². The van der Waals surface area contributed by atoms with Gasteiger partial charge in [0, 0.05) is 36.7 Å². The van der Waals surface area contributed by atoms with Crippen LogP contribution < -0.4 is 5.32 Å². The summed E-state index contributed by atoms with van der Waals surface area (Å²) in [7, 11) is 0. The number of amides is 2. The molecule has 1 aromatic carbocycles. The summed E-state index contributed by atoms with van der Waals surface area (Å²) in [5, 5.41) is 3.00. The quantitative estimate of drug-likeness (QED) is 0.775. The van der Waals surface area contributed by atoms with Crippen LogP contribution in [0.2, 0.25) is 0 Å². The van der Waals surface area contributed by atoms with Gasteiger partial charge in [0.15, 0.2) is 0 Å². The Morgan fingerprint density at radius 3 is 2.53 bits per heavy atom. The zero-order chi connectivity index (χ0) is 20.5. The highest BCUT2D eigenvalue weighted by atomic mass is 16.2. The van der Waals surface area contributed by atoms with Gasteiger partial charge in [-0.3, -0.25) is 14.5 Å². The Hall–Kier alpha value is -1.88. The number of carbonyl (C=O) groups is 2. The fraction of sp³-hybridized carbons (Fsp3) is 0.680. The summed E-state index contributed by atoms with van der Waals surface area (Å²) in [6, 6.07) is 10.7. The number of likely N-dealkylation sites (tertiary alicyclic amines) is 1. The van der Waals surface area contributed by atoms with Crippen molar-refractivity contribution in [2.75, 3.05) is 25.0 Å². The number of hydrogen-bond donors (Lipinski definition) is 1. The van der Waals surface area contributed by atoms with Gasteiger partial charge in [-0.05, 0) is 88.4 Å². The van der Waals surface area contributed by atoms with Gasteiger partial charge in [0.2, 0.25) is 11.8 Å². The minimum absolute atomic E-state index is 0.0814. The lowest BCUT2D eigenvalue weighted by Crippen LogP contribution is -2.65. The topological polar surface area (TPSA) is 52.7 Å². The van der Waals surface area contributed by atoms with Crippen LogP contribution in [-0.4, -0.2) is 53.3 Å². The summed E-state index contributed by atoms with van der Waals surface area (Å²) in [5.41, 5.74) is 0.860. The molecule has 1 aromatic rings. The first-order valence-electron chi connectivity index (χ1n) is 12.1.